The molecule has 1 rings (SSSR count). The van der Waals surface area contributed by atoms with E-state index in [9.17, 15) is 0 Å². The van der Waals surface area contributed by atoms with Crippen LogP contribution in [0.5, 0.6) is 0 Å². The van der Waals surface area contributed by atoms with Crippen LogP contribution in [0, 0.1) is 0 Å². The van der Waals surface area contributed by atoms with Gasteiger partial charge in [-0.2, -0.15) is 0 Å². The predicted molar refractivity (Wildman–Crippen MR) is 56.4 cm³/mol. The average molecular weight is 202 g/mol. The van der Waals surface area contributed by atoms with Crippen molar-refractivity contribution in [2.45, 2.75) is 18.7 Å². The van der Waals surface area contributed by atoms with Gasteiger partial charge in [0, 0.05) is 38.4 Å². The first-order valence-corrected chi connectivity index (χ1v) is 4.87. The number of hydrogen-bond donors (Lipinski definition) is 0. The molecule has 0 N–H and O–H groups in total. The van der Waals surface area contributed by atoms with Crippen molar-refractivity contribution in [3.63, 3.8) is 0 Å². The molecule has 0 aromatic carbocycles. The van der Waals surface area contributed by atoms with Crippen molar-refractivity contribution in [1.82, 2.24) is 9.55 Å². The molecule has 1 unspecified atom stereocenters. The topological polar surface area (TPSA) is 21.1 Å². The summed E-state index contributed by atoms with van der Waals surface area (Å²) in [6.45, 7) is 2.95. The van der Waals surface area contributed by atoms with E-state index in [0.29, 0.717) is 0 Å². The molecule has 0 spiro atoms. The SMILES string of the molecule is CC(Cl)CCN(C)c1nccn1C. The zero-order chi connectivity index (χ0) is 9.84. The number of rotatable bonds is 4. The molecule has 3 nitrogen and oxygen atoms in total. The molecule has 0 aliphatic rings. The van der Waals surface area contributed by atoms with E-state index in [1.807, 2.05) is 31.8 Å². The number of aryl methyl sites for hydroxylation is 1. The molecule has 13 heavy (non-hydrogen) atoms. The Morgan fingerprint density at radius 3 is 2.85 bits per heavy atom. The summed E-state index contributed by atoms with van der Waals surface area (Å²) in [6.07, 6.45) is 4.72. The number of hydrogen-bond acceptors (Lipinski definition) is 2. The maximum atomic E-state index is 5.87. The smallest absolute Gasteiger partial charge is 0.204 e. The van der Waals surface area contributed by atoms with Crippen LogP contribution in [0.25, 0.3) is 0 Å². The minimum atomic E-state index is 0.225. The molecular formula is C9H16ClN3. The lowest BCUT2D eigenvalue weighted by Gasteiger charge is -2.18. The third-order valence-electron chi connectivity index (χ3n) is 2.00. The summed E-state index contributed by atoms with van der Waals surface area (Å²) >= 11 is 5.87. The van der Waals surface area contributed by atoms with Crippen LogP contribution in [-0.2, 0) is 7.05 Å². The summed E-state index contributed by atoms with van der Waals surface area (Å²) in [6, 6.07) is 0. The molecule has 0 fully saturated rings. The van der Waals surface area contributed by atoms with Gasteiger partial charge in [0.25, 0.3) is 0 Å². The lowest BCUT2D eigenvalue weighted by molar-refractivity contribution is 0.737. The predicted octanol–water partition coefficient (Wildman–Crippen LogP) is 1.87. The minimum absolute atomic E-state index is 0.225. The first-order chi connectivity index (χ1) is 6.11. The summed E-state index contributed by atoms with van der Waals surface area (Å²) in [5.41, 5.74) is 0. The monoisotopic (exact) mass is 201 g/mol. The Bertz CT molecular complexity index is 257. The minimum Gasteiger partial charge on any atom is -0.345 e. The highest BCUT2D eigenvalue weighted by molar-refractivity contribution is 6.20. The number of halogens is 1. The van der Waals surface area contributed by atoms with E-state index in [2.05, 4.69) is 9.88 Å². The quantitative estimate of drug-likeness (QED) is 0.694. The van der Waals surface area contributed by atoms with Crippen molar-refractivity contribution in [2.24, 2.45) is 7.05 Å². The van der Waals surface area contributed by atoms with Crippen molar-refractivity contribution in [1.29, 1.82) is 0 Å². The van der Waals surface area contributed by atoms with Crippen molar-refractivity contribution in [3.8, 4) is 0 Å². The van der Waals surface area contributed by atoms with Gasteiger partial charge >= 0.3 is 0 Å². The van der Waals surface area contributed by atoms with E-state index < -0.39 is 0 Å². The average Bonchev–Trinajstić information content (AvgIpc) is 2.47. The van der Waals surface area contributed by atoms with Gasteiger partial charge in [-0.15, -0.1) is 11.6 Å². The maximum absolute atomic E-state index is 5.87. The molecule has 1 heterocycles. The van der Waals surface area contributed by atoms with Gasteiger partial charge < -0.3 is 9.47 Å². The Morgan fingerprint density at radius 2 is 2.38 bits per heavy atom. The van der Waals surface area contributed by atoms with Crippen molar-refractivity contribution < 1.29 is 0 Å². The number of imidazole rings is 1. The first-order valence-electron chi connectivity index (χ1n) is 4.44. The van der Waals surface area contributed by atoms with Gasteiger partial charge in [-0.3, -0.25) is 0 Å². The Kier molecular flexibility index (Phi) is 3.60. The van der Waals surface area contributed by atoms with Crippen molar-refractivity contribution >= 4 is 17.5 Å². The standard InChI is InChI=1S/C9H16ClN3/c1-8(10)4-6-12(2)9-11-5-7-13(9)3/h5,7-8H,4,6H2,1-3H3. The molecule has 4 heteroatoms. The zero-order valence-electron chi connectivity index (χ0n) is 8.37. The molecule has 74 valence electrons. The second-order valence-electron chi connectivity index (χ2n) is 3.33. The van der Waals surface area contributed by atoms with Crippen LogP contribution in [0.4, 0.5) is 5.95 Å². The highest BCUT2D eigenvalue weighted by Gasteiger charge is 2.06. The zero-order valence-corrected chi connectivity index (χ0v) is 9.12. The van der Waals surface area contributed by atoms with Crippen molar-refractivity contribution in [3.05, 3.63) is 12.4 Å². The third kappa shape index (κ3) is 2.92. The van der Waals surface area contributed by atoms with Gasteiger partial charge in [0.1, 0.15) is 0 Å². The summed E-state index contributed by atoms with van der Waals surface area (Å²) < 4.78 is 2.00. The van der Waals surface area contributed by atoms with Gasteiger partial charge in [0.2, 0.25) is 5.95 Å². The highest BCUT2D eigenvalue weighted by atomic mass is 35.5. The molecule has 0 bridgehead atoms. The van der Waals surface area contributed by atoms with Gasteiger partial charge in [0.15, 0.2) is 0 Å². The van der Waals surface area contributed by atoms with Crippen LogP contribution >= 0.6 is 11.6 Å². The van der Waals surface area contributed by atoms with E-state index in [-0.39, 0.29) is 5.38 Å². The van der Waals surface area contributed by atoms with E-state index in [0.717, 1.165) is 18.9 Å². The van der Waals surface area contributed by atoms with E-state index in [4.69, 9.17) is 11.6 Å². The second kappa shape index (κ2) is 4.51. The lowest BCUT2D eigenvalue weighted by atomic mass is 10.3. The van der Waals surface area contributed by atoms with Gasteiger partial charge in [-0.25, -0.2) is 4.98 Å². The normalized spacial score (nSPS) is 12.9. The summed E-state index contributed by atoms with van der Waals surface area (Å²) in [4.78, 5) is 6.35. The molecule has 0 saturated carbocycles. The molecule has 0 radical (unpaired) electrons. The van der Waals surface area contributed by atoms with Gasteiger partial charge in [-0.05, 0) is 13.3 Å². The Hall–Kier alpha value is -0.700. The van der Waals surface area contributed by atoms with Crippen molar-refractivity contribution in [2.75, 3.05) is 18.5 Å². The molecule has 0 saturated heterocycles. The second-order valence-corrected chi connectivity index (χ2v) is 4.07. The van der Waals surface area contributed by atoms with Crippen LogP contribution in [0.2, 0.25) is 0 Å². The summed E-state index contributed by atoms with van der Waals surface area (Å²) in [5.74, 6) is 0.984. The van der Waals surface area contributed by atoms with Crippen LogP contribution < -0.4 is 4.90 Å². The molecule has 0 amide bonds. The number of alkyl halides is 1. The fourth-order valence-corrected chi connectivity index (χ4v) is 1.29. The molecule has 0 aliphatic heterocycles. The fraction of sp³-hybridized carbons (Fsp3) is 0.667. The molecule has 0 aliphatic carbocycles. The van der Waals surface area contributed by atoms with Gasteiger partial charge in [-0.1, -0.05) is 0 Å². The van der Waals surface area contributed by atoms with Crippen LogP contribution in [-0.4, -0.2) is 28.5 Å². The largest absolute Gasteiger partial charge is 0.345 e. The number of nitrogens with zero attached hydrogens (tertiary/aromatic N) is 3. The molecule has 1 aromatic rings. The Balaban J connectivity index is 2.49. The van der Waals surface area contributed by atoms with E-state index in [1.54, 1.807) is 6.20 Å². The molecule has 1 atom stereocenters. The first kappa shape index (κ1) is 10.4. The number of anilines is 1. The van der Waals surface area contributed by atoms with Gasteiger partial charge in [0.05, 0.1) is 0 Å². The lowest BCUT2D eigenvalue weighted by Crippen LogP contribution is -2.23. The Labute approximate surface area is 84.3 Å². The van der Waals surface area contributed by atoms with E-state index >= 15 is 0 Å². The maximum Gasteiger partial charge on any atom is 0.204 e. The van der Waals surface area contributed by atoms with E-state index in [1.165, 1.54) is 0 Å². The third-order valence-corrected chi connectivity index (χ3v) is 2.22. The fourth-order valence-electron chi connectivity index (χ4n) is 1.20. The highest BCUT2D eigenvalue weighted by Crippen LogP contribution is 2.09. The summed E-state index contributed by atoms with van der Waals surface area (Å²) in [7, 11) is 4.02. The summed E-state index contributed by atoms with van der Waals surface area (Å²) in [5, 5.41) is 0.225. The van der Waals surface area contributed by atoms with Crippen LogP contribution in [0.15, 0.2) is 12.4 Å². The molecule has 1 aromatic heterocycles. The molecular weight excluding hydrogens is 186 g/mol. The van der Waals surface area contributed by atoms with Crippen LogP contribution in [0.3, 0.4) is 0 Å². The Morgan fingerprint density at radius 1 is 1.69 bits per heavy atom. The van der Waals surface area contributed by atoms with Crippen LogP contribution in [0.1, 0.15) is 13.3 Å². The number of aromatic nitrogens is 2.